The van der Waals surface area contributed by atoms with Crippen molar-refractivity contribution < 1.29 is 28.2 Å². The number of nitrogens with one attached hydrogen (secondary N) is 1. The normalized spacial score (nSPS) is 22.7. The second-order valence-corrected chi connectivity index (χ2v) is 9.50. The first-order valence-corrected chi connectivity index (χ1v) is 11.2. The minimum atomic E-state index is -1.29. The largest absolute Gasteiger partial charge is 0.393 e. The molecular formula is C22H22F3IN2O3. The molecule has 31 heavy (non-hydrogen) atoms. The molecule has 2 fully saturated rings. The summed E-state index contributed by atoms with van der Waals surface area (Å²) >= 11 is 1.92. The molecule has 0 aromatic heterocycles. The maximum Gasteiger partial charge on any atom is 0.256 e. The third-order valence-electron chi connectivity index (χ3n) is 6.15. The average molecular weight is 546 g/mol. The molecule has 3 N–H and O–H groups in total. The van der Waals surface area contributed by atoms with E-state index in [9.17, 15) is 28.2 Å². The van der Waals surface area contributed by atoms with Crippen molar-refractivity contribution >= 4 is 39.9 Å². The Kier molecular flexibility index (Phi) is 6.19. The van der Waals surface area contributed by atoms with Crippen molar-refractivity contribution in [2.75, 3.05) is 18.4 Å². The Bertz CT molecular complexity index is 1010. The number of amides is 1. The number of likely N-dealkylation sites (tertiary alicyclic amines) is 1. The second-order valence-electron chi connectivity index (χ2n) is 8.26. The Labute approximate surface area is 191 Å². The Morgan fingerprint density at radius 1 is 1.10 bits per heavy atom. The third kappa shape index (κ3) is 4.27. The van der Waals surface area contributed by atoms with Crippen LogP contribution >= 0.6 is 22.6 Å². The van der Waals surface area contributed by atoms with Crippen LogP contribution in [0.4, 0.5) is 24.5 Å². The van der Waals surface area contributed by atoms with Gasteiger partial charge in [0.2, 0.25) is 0 Å². The zero-order valence-corrected chi connectivity index (χ0v) is 18.7. The van der Waals surface area contributed by atoms with Crippen LogP contribution in [0.2, 0.25) is 0 Å². The maximum absolute atomic E-state index is 14.6. The molecule has 0 unspecified atom stereocenters. The number of hydrogen-bond donors (Lipinski definition) is 3. The van der Waals surface area contributed by atoms with E-state index < -0.39 is 40.8 Å². The Morgan fingerprint density at radius 2 is 1.81 bits per heavy atom. The van der Waals surface area contributed by atoms with Crippen LogP contribution in [0.5, 0.6) is 0 Å². The van der Waals surface area contributed by atoms with Crippen molar-refractivity contribution in [1.29, 1.82) is 0 Å². The van der Waals surface area contributed by atoms with E-state index in [-0.39, 0.29) is 30.3 Å². The monoisotopic (exact) mass is 546 g/mol. The molecule has 1 aliphatic heterocycles. The van der Waals surface area contributed by atoms with E-state index in [1.54, 1.807) is 6.07 Å². The van der Waals surface area contributed by atoms with Crippen molar-refractivity contribution in [2.24, 2.45) is 5.92 Å². The van der Waals surface area contributed by atoms with Crippen LogP contribution in [-0.4, -0.2) is 45.8 Å². The number of rotatable bonds is 4. The van der Waals surface area contributed by atoms with E-state index in [0.29, 0.717) is 16.4 Å². The fraction of sp³-hybridized carbons (Fsp3) is 0.409. The van der Waals surface area contributed by atoms with Crippen molar-refractivity contribution in [2.45, 2.75) is 37.4 Å². The van der Waals surface area contributed by atoms with Gasteiger partial charge in [-0.1, -0.05) is 12.8 Å². The lowest BCUT2D eigenvalue weighted by Gasteiger charge is -2.52. The van der Waals surface area contributed by atoms with Crippen LogP contribution in [-0.2, 0) is 0 Å². The maximum atomic E-state index is 14.6. The third-order valence-corrected chi connectivity index (χ3v) is 6.82. The van der Waals surface area contributed by atoms with Gasteiger partial charge in [0.1, 0.15) is 11.4 Å². The van der Waals surface area contributed by atoms with Gasteiger partial charge in [0.05, 0.1) is 36.1 Å². The average Bonchev–Trinajstić information content (AvgIpc) is 2.71. The fourth-order valence-electron chi connectivity index (χ4n) is 4.48. The number of carbonyl (C=O) groups is 1. The molecule has 0 radical (unpaired) electrons. The number of hydrogen-bond acceptors (Lipinski definition) is 4. The van der Waals surface area contributed by atoms with Gasteiger partial charge >= 0.3 is 0 Å². The van der Waals surface area contributed by atoms with Gasteiger partial charge in [-0.05, 0) is 65.8 Å². The highest BCUT2D eigenvalue weighted by atomic mass is 127. The van der Waals surface area contributed by atoms with Crippen molar-refractivity contribution in [3.8, 4) is 0 Å². The lowest BCUT2D eigenvalue weighted by atomic mass is 9.71. The molecule has 2 atom stereocenters. The molecule has 4 rings (SSSR count). The van der Waals surface area contributed by atoms with Crippen molar-refractivity contribution in [3.63, 3.8) is 0 Å². The zero-order chi connectivity index (χ0) is 22.3. The molecule has 5 nitrogen and oxygen atoms in total. The number of carbonyl (C=O) groups excluding carboxylic acids is 1. The lowest BCUT2D eigenvalue weighted by molar-refractivity contribution is -0.156. The molecular weight excluding hydrogens is 524 g/mol. The SMILES string of the molecule is O=C(c1ccc(F)c(F)c1Nc1ccc(I)cc1F)N1CC(O)([C@@H]2CCCC[C@H]2O)C1. The summed E-state index contributed by atoms with van der Waals surface area (Å²) in [5.41, 5.74) is -1.92. The molecule has 2 aromatic carbocycles. The number of β-amino-alcohol motifs (C(OH)–C–C–N with tert-alkyl or cyclic N) is 1. The van der Waals surface area contributed by atoms with E-state index in [1.807, 2.05) is 22.6 Å². The van der Waals surface area contributed by atoms with Gasteiger partial charge in [-0.25, -0.2) is 13.2 Å². The summed E-state index contributed by atoms with van der Waals surface area (Å²) in [5.74, 6) is -4.06. The number of halogens is 4. The summed E-state index contributed by atoms with van der Waals surface area (Å²) in [5, 5.41) is 23.6. The van der Waals surface area contributed by atoms with Crippen LogP contribution in [0, 0.1) is 26.9 Å². The first-order chi connectivity index (χ1) is 14.7. The Balaban J connectivity index is 1.57. The number of nitrogens with zero attached hydrogens (tertiary/aromatic N) is 1. The summed E-state index contributed by atoms with van der Waals surface area (Å²) in [7, 11) is 0. The van der Waals surface area contributed by atoms with E-state index >= 15 is 0 Å². The standard InChI is InChI=1S/C22H22F3IN2O3/c23-15-7-6-13(20(19(15)25)27-17-8-5-12(26)9-16(17)24)21(30)28-10-22(31,11-28)14-3-1-2-4-18(14)29/h5-9,14,18,27,29,31H,1-4,10-11H2/t14-,18-/m1/s1. The van der Waals surface area contributed by atoms with Crippen LogP contribution < -0.4 is 5.32 Å². The lowest BCUT2D eigenvalue weighted by Crippen LogP contribution is -2.68. The van der Waals surface area contributed by atoms with Gasteiger partial charge in [-0.3, -0.25) is 4.79 Å². The molecule has 0 bridgehead atoms. The molecule has 2 aromatic rings. The van der Waals surface area contributed by atoms with E-state index in [1.165, 1.54) is 17.0 Å². The van der Waals surface area contributed by atoms with Gasteiger partial charge < -0.3 is 20.4 Å². The molecule has 1 saturated heterocycles. The molecule has 0 spiro atoms. The Hall–Kier alpha value is -1.85. The minimum absolute atomic E-state index is 0.0100. The topological polar surface area (TPSA) is 72.8 Å². The van der Waals surface area contributed by atoms with Crippen molar-refractivity contribution in [1.82, 2.24) is 4.90 Å². The fourth-order valence-corrected chi connectivity index (χ4v) is 4.93. The van der Waals surface area contributed by atoms with Gasteiger partial charge in [-0.2, -0.15) is 0 Å². The van der Waals surface area contributed by atoms with Gasteiger partial charge in [0.15, 0.2) is 11.6 Å². The summed E-state index contributed by atoms with van der Waals surface area (Å²) < 4.78 is 43.3. The summed E-state index contributed by atoms with van der Waals surface area (Å²) in [6.07, 6.45) is 2.45. The van der Waals surface area contributed by atoms with Crippen LogP contribution in [0.25, 0.3) is 0 Å². The van der Waals surface area contributed by atoms with E-state index in [2.05, 4.69) is 5.32 Å². The van der Waals surface area contributed by atoms with Gasteiger partial charge in [0.25, 0.3) is 5.91 Å². The van der Waals surface area contributed by atoms with Gasteiger partial charge in [-0.15, -0.1) is 0 Å². The number of benzene rings is 2. The predicted octanol–water partition coefficient (Wildman–Crippen LogP) is 4.19. The highest BCUT2D eigenvalue weighted by molar-refractivity contribution is 14.1. The molecule has 1 aliphatic carbocycles. The zero-order valence-electron chi connectivity index (χ0n) is 16.5. The minimum Gasteiger partial charge on any atom is -0.393 e. The Morgan fingerprint density at radius 3 is 2.48 bits per heavy atom. The first-order valence-electron chi connectivity index (χ1n) is 10.1. The summed E-state index contributed by atoms with van der Waals surface area (Å²) in [6, 6.07) is 6.18. The van der Waals surface area contributed by atoms with E-state index in [0.717, 1.165) is 25.0 Å². The second kappa shape index (κ2) is 8.59. The number of aliphatic hydroxyl groups excluding tert-OH is 1. The van der Waals surface area contributed by atoms with Crippen molar-refractivity contribution in [3.05, 3.63) is 56.9 Å². The van der Waals surface area contributed by atoms with Crippen LogP contribution in [0.3, 0.4) is 0 Å². The predicted molar refractivity (Wildman–Crippen MR) is 118 cm³/mol. The molecule has 2 aliphatic rings. The van der Waals surface area contributed by atoms with Crippen LogP contribution in [0.1, 0.15) is 36.0 Å². The number of aliphatic hydroxyl groups is 2. The smallest absolute Gasteiger partial charge is 0.256 e. The number of anilines is 2. The molecule has 166 valence electrons. The molecule has 1 saturated carbocycles. The van der Waals surface area contributed by atoms with Crippen LogP contribution in [0.15, 0.2) is 30.3 Å². The molecule has 9 heteroatoms. The molecule has 1 heterocycles. The van der Waals surface area contributed by atoms with E-state index in [4.69, 9.17) is 0 Å². The highest BCUT2D eigenvalue weighted by Gasteiger charge is 2.52. The quantitative estimate of drug-likeness (QED) is 0.504. The first kappa shape index (κ1) is 22.3. The molecule has 1 amide bonds. The summed E-state index contributed by atoms with van der Waals surface area (Å²) in [6.45, 7) is -0.0201. The summed E-state index contributed by atoms with van der Waals surface area (Å²) in [4.78, 5) is 14.3. The van der Waals surface area contributed by atoms with Gasteiger partial charge in [0, 0.05) is 9.49 Å². The highest BCUT2D eigenvalue weighted by Crippen LogP contribution is 2.40.